The van der Waals surface area contributed by atoms with Crippen LogP contribution in [0.1, 0.15) is 59.8 Å². The monoisotopic (exact) mass is 365 g/mol. The van der Waals surface area contributed by atoms with E-state index in [1.807, 2.05) is 0 Å². The minimum absolute atomic E-state index is 0.465. The Balaban J connectivity index is 1.75. The number of rotatable bonds is 9. The summed E-state index contributed by atoms with van der Waals surface area (Å²) in [6.45, 7) is 19.3. The van der Waals surface area contributed by atoms with E-state index in [1.54, 1.807) is 0 Å². The van der Waals surface area contributed by atoms with Crippen LogP contribution in [-0.2, 0) is 0 Å². The maximum Gasteiger partial charge on any atom is 0.191 e. The molecule has 1 aliphatic heterocycles. The lowest BCUT2D eigenvalue weighted by Gasteiger charge is -2.35. The van der Waals surface area contributed by atoms with Gasteiger partial charge in [-0.25, -0.2) is 0 Å². The van der Waals surface area contributed by atoms with Gasteiger partial charge in [-0.15, -0.1) is 0 Å². The van der Waals surface area contributed by atoms with Crippen LogP contribution >= 0.6 is 0 Å². The Morgan fingerprint density at radius 3 is 2.23 bits per heavy atom. The Bertz CT molecular complexity index is 409. The summed E-state index contributed by atoms with van der Waals surface area (Å²) in [5, 5.41) is 7.04. The van der Waals surface area contributed by atoms with Gasteiger partial charge >= 0.3 is 0 Å². The largest absolute Gasteiger partial charge is 0.357 e. The van der Waals surface area contributed by atoms with Crippen LogP contribution in [-0.4, -0.2) is 74.7 Å². The highest BCUT2D eigenvalue weighted by Gasteiger charge is 2.31. The molecular formula is C21H43N5. The second kappa shape index (κ2) is 11.1. The lowest BCUT2D eigenvalue weighted by atomic mass is 9.84. The average molecular weight is 366 g/mol. The van der Waals surface area contributed by atoms with Gasteiger partial charge in [0.15, 0.2) is 5.96 Å². The van der Waals surface area contributed by atoms with Crippen LogP contribution in [0.2, 0.25) is 0 Å². The molecule has 0 aromatic carbocycles. The minimum Gasteiger partial charge on any atom is -0.357 e. The Labute approximate surface area is 162 Å². The fourth-order valence-corrected chi connectivity index (χ4v) is 4.40. The van der Waals surface area contributed by atoms with Crippen LogP contribution in [0.5, 0.6) is 0 Å². The predicted molar refractivity (Wildman–Crippen MR) is 113 cm³/mol. The van der Waals surface area contributed by atoms with Crippen molar-refractivity contribution in [2.75, 3.05) is 58.9 Å². The van der Waals surface area contributed by atoms with Crippen LogP contribution in [0, 0.1) is 11.3 Å². The van der Waals surface area contributed by atoms with Crippen LogP contribution in [0.3, 0.4) is 0 Å². The molecule has 1 heterocycles. The third-order valence-corrected chi connectivity index (χ3v) is 6.43. The smallest absolute Gasteiger partial charge is 0.191 e. The standard InChI is InChI=1S/C21H43N5/c1-5-21(10-8-9-11-21)18-24-20(22-6-2)23-16-19(4)17-26-14-12-25(7-3)13-15-26/h19H,5-18H2,1-4H3,(H2,22,23,24). The molecule has 2 N–H and O–H groups in total. The van der Waals surface area contributed by atoms with Gasteiger partial charge in [-0.05, 0) is 44.1 Å². The molecule has 26 heavy (non-hydrogen) atoms. The van der Waals surface area contributed by atoms with Gasteiger partial charge in [-0.3, -0.25) is 4.99 Å². The van der Waals surface area contributed by atoms with Crippen molar-refractivity contribution in [3.63, 3.8) is 0 Å². The van der Waals surface area contributed by atoms with Gasteiger partial charge in [-0.1, -0.05) is 33.6 Å². The molecule has 0 radical (unpaired) electrons. The van der Waals surface area contributed by atoms with Crippen molar-refractivity contribution in [1.29, 1.82) is 0 Å². The van der Waals surface area contributed by atoms with Crippen LogP contribution < -0.4 is 10.6 Å². The molecule has 1 saturated carbocycles. The number of nitrogens with one attached hydrogen (secondary N) is 2. The predicted octanol–water partition coefficient (Wildman–Crippen LogP) is 2.79. The summed E-state index contributed by atoms with van der Waals surface area (Å²) in [7, 11) is 0. The first kappa shape index (κ1) is 21.5. The molecule has 5 heteroatoms. The zero-order chi connectivity index (χ0) is 18.8. The first-order valence-corrected chi connectivity index (χ1v) is 11.1. The van der Waals surface area contributed by atoms with Crippen molar-refractivity contribution in [2.45, 2.75) is 59.8 Å². The zero-order valence-corrected chi connectivity index (χ0v) is 17.8. The number of piperazine rings is 1. The Morgan fingerprint density at radius 2 is 1.65 bits per heavy atom. The third-order valence-electron chi connectivity index (χ3n) is 6.43. The molecule has 1 aliphatic carbocycles. The maximum atomic E-state index is 4.95. The van der Waals surface area contributed by atoms with Crippen molar-refractivity contribution < 1.29 is 0 Å². The number of nitrogens with zero attached hydrogens (tertiary/aromatic N) is 3. The highest BCUT2D eigenvalue weighted by atomic mass is 15.3. The molecule has 1 saturated heterocycles. The van der Waals surface area contributed by atoms with Gasteiger partial charge in [0.1, 0.15) is 0 Å². The van der Waals surface area contributed by atoms with Gasteiger partial charge in [-0.2, -0.15) is 0 Å². The highest BCUT2D eigenvalue weighted by Crippen LogP contribution is 2.41. The number of hydrogen-bond donors (Lipinski definition) is 2. The Kier molecular flexibility index (Phi) is 9.20. The normalized spacial score (nSPS) is 23.2. The number of hydrogen-bond acceptors (Lipinski definition) is 3. The first-order chi connectivity index (χ1) is 12.6. The number of likely N-dealkylation sites (N-methyl/N-ethyl adjacent to an activating group) is 1. The van der Waals surface area contributed by atoms with Crippen molar-refractivity contribution in [2.24, 2.45) is 16.3 Å². The molecule has 0 spiro atoms. The van der Waals surface area contributed by atoms with E-state index in [1.165, 1.54) is 71.4 Å². The van der Waals surface area contributed by atoms with Gasteiger partial charge in [0.05, 0.1) is 0 Å². The summed E-state index contributed by atoms with van der Waals surface area (Å²) in [6.07, 6.45) is 6.74. The summed E-state index contributed by atoms with van der Waals surface area (Å²) in [4.78, 5) is 10.1. The van der Waals surface area contributed by atoms with E-state index in [0.29, 0.717) is 11.3 Å². The lowest BCUT2D eigenvalue weighted by molar-refractivity contribution is 0.124. The van der Waals surface area contributed by atoms with Crippen molar-refractivity contribution in [3.8, 4) is 0 Å². The third kappa shape index (κ3) is 6.73. The van der Waals surface area contributed by atoms with E-state index >= 15 is 0 Å². The molecule has 0 bridgehead atoms. The van der Waals surface area contributed by atoms with E-state index in [-0.39, 0.29) is 0 Å². The molecule has 0 amide bonds. The molecule has 2 rings (SSSR count). The van der Waals surface area contributed by atoms with E-state index in [2.05, 4.69) is 48.1 Å². The zero-order valence-electron chi connectivity index (χ0n) is 17.8. The molecule has 1 atom stereocenters. The average Bonchev–Trinajstić information content (AvgIpc) is 3.14. The molecule has 2 aliphatic rings. The van der Waals surface area contributed by atoms with Crippen molar-refractivity contribution >= 4 is 5.96 Å². The second-order valence-corrected chi connectivity index (χ2v) is 8.48. The molecule has 5 nitrogen and oxygen atoms in total. The second-order valence-electron chi connectivity index (χ2n) is 8.48. The molecule has 0 aromatic rings. The molecular weight excluding hydrogens is 322 g/mol. The summed E-state index contributed by atoms with van der Waals surface area (Å²) in [5.74, 6) is 1.65. The van der Waals surface area contributed by atoms with Crippen LogP contribution in [0.25, 0.3) is 0 Å². The Morgan fingerprint density at radius 1 is 1.00 bits per heavy atom. The fourth-order valence-electron chi connectivity index (χ4n) is 4.40. The number of guanidine groups is 1. The summed E-state index contributed by atoms with van der Waals surface area (Å²) in [6, 6.07) is 0. The summed E-state index contributed by atoms with van der Waals surface area (Å²) < 4.78 is 0. The van der Waals surface area contributed by atoms with Gasteiger partial charge in [0.25, 0.3) is 0 Å². The van der Waals surface area contributed by atoms with Gasteiger partial charge < -0.3 is 20.4 Å². The quantitative estimate of drug-likeness (QED) is 0.487. The molecule has 0 aromatic heterocycles. The summed E-state index contributed by atoms with van der Waals surface area (Å²) >= 11 is 0. The maximum absolute atomic E-state index is 4.95. The molecule has 152 valence electrons. The van der Waals surface area contributed by atoms with E-state index in [4.69, 9.17) is 4.99 Å². The van der Waals surface area contributed by atoms with E-state index < -0.39 is 0 Å². The van der Waals surface area contributed by atoms with E-state index in [9.17, 15) is 0 Å². The van der Waals surface area contributed by atoms with Crippen molar-refractivity contribution in [3.05, 3.63) is 0 Å². The highest BCUT2D eigenvalue weighted by molar-refractivity contribution is 5.79. The van der Waals surface area contributed by atoms with Gasteiger partial charge in [0, 0.05) is 52.4 Å². The molecule has 2 fully saturated rings. The number of aliphatic imine (C=N–C) groups is 1. The lowest BCUT2D eigenvalue weighted by Crippen LogP contribution is -2.48. The molecule has 1 unspecified atom stereocenters. The van der Waals surface area contributed by atoms with Crippen LogP contribution in [0.4, 0.5) is 0 Å². The first-order valence-electron chi connectivity index (χ1n) is 11.1. The van der Waals surface area contributed by atoms with Gasteiger partial charge in [0.2, 0.25) is 0 Å². The fraction of sp³-hybridized carbons (Fsp3) is 0.952. The SMILES string of the molecule is CCNC(=NCC1(CC)CCCC1)NCC(C)CN1CCN(CC)CC1. The topological polar surface area (TPSA) is 42.9 Å². The van der Waals surface area contributed by atoms with Crippen molar-refractivity contribution in [1.82, 2.24) is 20.4 Å². The summed E-state index contributed by atoms with van der Waals surface area (Å²) in [5.41, 5.74) is 0.465. The minimum atomic E-state index is 0.465. The van der Waals surface area contributed by atoms with E-state index in [0.717, 1.165) is 25.6 Å². The Hall–Kier alpha value is -0.810. The van der Waals surface area contributed by atoms with Crippen LogP contribution in [0.15, 0.2) is 4.99 Å².